The van der Waals surface area contributed by atoms with Gasteiger partial charge < -0.3 is 14.8 Å². The van der Waals surface area contributed by atoms with Crippen LogP contribution in [0.25, 0.3) is 0 Å². The molecule has 166 valence electrons. The van der Waals surface area contributed by atoms with Gasteiger partial charge in [-0.05, 0) is 67.8 Å². The van der Waals surface area contributed by atoms with Gasteiger partial charge in [0.15, 0.2) is 0 Å². The highest BCUT2D eigenvalue weighted by molar-refractivity contribution is 7.07. The fourth-order valence-electron chi connectivity index (χ4n) is 4.71. The third-order valence-electron chi connectivity index (χ3n) is 6.41. The first kappa shape index (κ1) is 21.8. The van der Waals surface area contributed by atoms with Gasteiger partial charge in [-0.15, -0.1) is 0 Å². The first-order valence-corrected chi connectivity index (χ1v) is 12.3. The molecule has 2 amide bonds. The van der Waals surface area contributed by atoms with Crippen LogP contribution in [0.1, 0.15) is 84.2 Å². The van der Waals surface area contributed by atoms with Crippen molar-refractivity contribution in [3.63, 3.8) is 0 Å². The molecule has 1 saturated heterocycles. The second-order valence-electron chi connectivity index (χ2n) is 8.86. The standard InChI is InChI=1S/C24H31N3O3S/c1-17(13-18-9-12-31-16-18)25-23(29)20-14-27(19-7-3-4-8-19)15-21(22(20)28)24(30)26-10-5-2-6-11-26/h9,12,14-17,19H,2-8,10-11,13H2,1H3,(H,25,29)/t17-/m1/s1. The van der Waals surface area contributed by atoms with E-state index in [0.717, 1.165) is 50.5 Å². The highest BCUT2D eigenvalue weighted by Gasteiger charge is 2.27. The van der Waals surface area contributed by atoms with Crippen LogP contribution in [0.5, 0.6) is 0 Å². The molecule has 2 aliphatic rings. The van der Waals surface area contributed by atoms with E-state index in [1.165, 1.54) is 0 Å². The van der Waals surface area contributed by atoms with Crippen molar-refractivity contribution in [3.05, 3.63) is 56.1 Å². The van der Waals surface area contributed by atoms with Gasteiger partial charge in [0.1, 0.15) is 11.1 Å². The van der Waals surface area contributed by atoms with Gasteiger partial charge in [-0.3, -0.25) is 14.4 Å². The SMILES string of the molecule is C[C@H](Cc1ccsc1)NC(=O)c1cn(C2CCCC2)cc(C(=O)N2CCCCC2)c1=O. The van der Waals surface area contributed by atoms with Crippen molar-refractivity contribution in [2.24, 2.45) is 0 Å². The molecule has 2 fully saturated rings. The molecule has 0 unspecified atom stereocenters. The number of hydrogen-bond acceptors (Lipinski definition) is 4. The zero-order valence-corrected chi connectivity index (χ0v) is 19.0. The Balaban J connectivity index is 1.61. The van der Waals surface area contributed by atoms with Crippen molar-refractivity contribution in [2.75, 3.05) is 13.1 Å². The summed E-state index contributed by atoms with van der Waals surface area (Å²) in [6.45, 7) is 3.29. The number of hydrogen-bond donors (Lipinski definition) is 1. The molecule has 1 aliphatic carbocycles. The summed E-state index contributed by atoms with van der Waals surface area (Å²) in [5.41, 5.74) is 0.916. The van der Waals surface area contributed by atoms with Crippen molar-refractivity contribution in [1.29, 1.82) is 0 Å². The molecule has 0 bridgehead atoms. The molecule has 1 N–H and O–H groups in total. The van der Waals surface area contributed by atoms with Crippen LogP contribution in [0.4, 0.5) is 0 Å². The number of amides is 2. The highest BCUT2D eigenvalue weighted by atomic mass is 32.1. The quantitative estimate of drug-likeness (QED) is 0.736. The fourth-order valence-corrected chi connectivity index (χ4v) is 5.39. The van der Waals surface area contributed by atoms with Gasteiger partial charge in [-0.2, -0.15) is 11.3 Å². The van der Waals surface area contributed by atoms with E-state index in [4.69, 9.17) is 0 Å². The van der Waals surface area contributed by atoms with E-state index in [0.29, 0.717) is 19.5 Å². The number of nitrogens with one attached hydrogen (secondary N) is 1. The number of pyridine rings is 1. The maximum absolute atomic E-state index is 13.2. The first-order valence-electron chi connectivity index (χ1n) is 11.4. The van der Waals surface area contributed by atoms with E-state index in [2.05, 4.69) is 10.7 Å². The fraction of sp³-hybridized carbons (Fsp3) is 0.542. The predicted octanol–water partition coefficient (Wildman–Crippen LogP) is 4.01. The lowest BCUT2D eigenvalue weighted by atomic mass is 10.1. The summed E-state index contributed by atoms with van der Waals surface area (Å²) < 4.78 is 1.95. The lowest BCUT2D eigenvalue weighted by Crippen LogP contribution is -2.41. The Morgan fingerprint density at radius 2 is 1.81 bits per heavy atom. The van der Waals surface area contributed by atoms with Gasteiger partial charge in [0.2, 0.25) is 5.43 Å². The second-order valence-corrected chi connectivity index (χ2v) is 9.64. The lowest BCUT2D eigenvalue weighted by Gasteiger charge is -2.27. The van der Waals surface area contributed by atoms with Gasteiger partial charge >= 0.3 is 0 Å². The van der Waals surface area contributed by atoms with Crippen LogP contribution in [0, 0.1) is 0 Å². The largest absolute Gasteiger partial charge is 0.349 e. The highest BCUT2D eigenvalue weighted by Crippen LogP contribution is 2.29. The molecule has 4 rings (SSSR count). The molecule has 2 aromatic heterocycles. The third kappa shape index (κ3) is 5.09. The van der Waals surface area contributed by atoms with Crippen molar-refractivity contribution in [3.8, 4) is 0 Å². The maximum Gasteiger partial charge on any atom is 0.259 e. The minimum absolute atomic E-state index is 0.0759. The van der Waals surface area contributed by atoms with Crippen LogP contribution in [0.2, 0.25) is 0 Å². The molecule has 1 saturated carbocycles. The average Bonchev–Trinajstić information content (AvgIpc) is 3.48. The Hall–Kier alpha value is -2.41. The molecule has 1 atom stereocenters. The summed E-state index contributed by atoms with van der Waals surface area (Å²) in [7, 11) is 0. The first-order chi connectivity index (χ1) is 15.0. The van der Waals surface area contributed by atoms with Crippen molar-refractivity contribution >= 4 is 23.2 Å². The van der Waals surface area contributed by atoms with E-state index in [-0.39, 0.29) is 29.1 Å². The minimum Gasteiger partial charge on any atom is -0.349 e. The minimum atomic E-state index is -0.454. The third-order valence-corrected chi connectivity index (χ3v) is 7.14. The van der Waals surface area contributed by atoms with E-state index < -0.39 is 11.3 Å². The van der Waals surface area contributed by atoms with Crippen LogP contribution < -0.4 is 10.7 Å². The van der Waals surface area contributed by atoms with Crippen LogP contribution in [-0.4, -0.2) is 40.4 Å². The number of thiophene rings is 1. The van der Waals surface area contributed by atoms with Crippen molar-refractivity contribution in [2.45, 2.75) is 70.4 Å². The van der Waals surface area contributed by atoms with Gasteiger partial charge in [0, 0.05) is 37.6 Å². The summed E-state index contributed by atoms with van der Waals surface area (Å²) in [6, 6.07) is 2.17. The molecule has 31 heavy (non-hydrogen) atoms. The van der Waals surface area contributed by atoms with Crippen LogP contribution in [-0.2, 0) is 6.42 Å². The smallest absolute Gasteiger partial charge is 0.259 e. The topological polar surface area (TPSA) is 71.4 Å². The van der Waals surface area contributed by atoms with E-state index in [1.54, 1.807) is 28.6 Å². The Bertz CT molecular complexity index is 970. The predicted molar refractivity (Wildman–Crippen MR) is 123 cm³/mol. The van der Waals surface area contributed by atoms with E-state index >= 15 is 0 Å². The molecule has 0 spiro atoms. The number of rotatable bonds is 6. The molecular weight excluding hydrogens is 410 g/mol. The second kappa shape index (κ2) is 9.81. The number of nitrogens with zero attached hydrogens (tertiary/aromatic N) is 2. The maximum atomic E-state index is 13.2. The summed E-state index contributed by atoms with van der Waals surface area (Å²) in [5, 5.41) is 7.04. The zero-order chi connectivity index (χ0) is 21.8. The zero-order valence-electron chi connectivity index (χ0n) is 18.1. The van der Waals surface area contributed by atoms with Crippen LogP contribution in [0.15, 0.2) is 34.0 Å². The summed E-state index contributed by atoms with van der Waals surface area (Å²) in [5.74, 6) is -0.634. The molecule has 0 aromatic carbocycles. The monoisotopic (exact) mass is 441 g/mol. The molecule has 6 nitrogen and oxygen atoms in total. The Labute approximate surface area is 187 Å². The summed E-state index contributed by atoms with van der Waals surface area (Å²) >= 11 is 1.63. The molecule has 3 heterocycles. The van der Waals surface area contributed by atoms with Gasteiger partial charge in [-0.1, -0.05) is 12.8 Å². The number of carbonyl (C=O) groups excluding carboxylic acids is 2. The number of piperidine rings is 1. The van der Waals surface area contributed by atoms with Crippen molar-refractivity contribution < 1.29 is 9.59 Å². The van der Waals surface area contributed by atoms with Crippen molar-refractivity contribution in [1.82, 2.24) is 14.8 Å². The Kier molecular flexibility index (Phi) is 6.90. The molecule has 2 aromatic rings. The Morgan fingerprint density at radius 3 is 2.48 bits per heavy atom. The number of aromatic nitrogens is 1. The molecule has 7 heteroatoms. The van der Waals surface area contributed by atoms with Crippen LogP contribution >= 0.6 is 11.3 Å². The summed E-state index contributed by atoms with van der Waals surface area (Å²) in [6.07, 6.45) is 11.4. The van der Waals surface area contributed by atoms with Gasteiger partial charge in [0.25, 0.3) is 11.8 Å². The summed E-state index contributed by atoms with van der Waals surface area (Å²) in [4.78, 5) is 41.3. The molecule has 0 radical (unpaired) electrons. The van der Waals surface area contributed by atoms with Gasteiger partial charge in [-0.25, -0.2) is 0 Å². The van der Waals surface area contributed by atoms with E-state index in [9.17, 15) is 14.4 Å². The number of carbonyl (C=O) groups is 2. The Morgan fingerprint density at radius 1 is 1.10 bits per heavy atom. The van der Waals surface area contributed by atoms with E-state index in [1.807, 2.05) is 22.9 Å². The number of likely N-dealkylation sites (tertiary alicyclic amines) is 1. The van der Waals surface area contributed by atoms with Crippen LogP contribution in [0.3, 0.4) is 0 Å². The molecule has 1 aliphatic heterocycles. The normalized spacial score (nSPS) is 18.2. The van der Waals surface area contributed by atoms with Gasteiger partial charge in [0.05, 0.1) is 0 Å². The average molecular weight is 442 g/mol. The molecular formula is C24H31N3O3S. The lowest BCUT2D eigenvalue weighted by molar-refractivity contribution is 0.0722.